The molecule has 2 heterocycles. The summed E-state index contributed by atoms with van der Waals surface area (Å²) in [6, 6.07) is 14.5. The highest BCUT2D eigenvalue weighted by molar-refractivity contribution is 6.15. The van der Waals surface area contributed by atoms with E-state index >= 15 is 0 Å². The van der Waals surface area contributed by atoms with E-state index in [9.17, 15) is 0 Å². The van der Waals surface area contributed by atoms with Crippen LogP contribution in [0.15, 0.2) is 65.4 Å². The summed E-state index contributed by atoms with van der Waals surface area (Å²) in [6.07, 6.45) is 8.15. The van der Waals surface area contributed by atoms with Gasteiger partial charge in [0.1, 0.15) is 0 Å². The summed E-state index contributed by atoms with van der Waals surface area (Å²) in [6.45, 7) is 0.913. The second kappa shape index (κ2) is 5.61. The third-order valence-electron chi connectivity index (χ3n) is 3.25. The lowest BCUT2D eigenvalue weighted by Crippen LogP contribution is -2.11. The summed E-state index contributed by atoms with van der Waals surface area (Å²) < 4.78 is 0. The number of rotatable bonds is 2. The van der Waals surface area contributed by atoms with E-state index in [-0.39, 0.29) is 0 Å². The lowest BCUT2D eigenvalue weighted by atomic mass is 9.95. The second-order valence-electron chi connectivity index (χ2n) is 4.66. The van der Waals surface area contributed by atoms with Crippen molar-refractivity contribution in [3.05, 3.63) is 71.6 Å². The molecule has 0 atom stereocenters. The Hall–Kier alpha value is -2.22. The highest BCUT2D eigenvalue weighted by atomic mass is 14.8. The van der Waals surface area contributed by atoms with Gasteiger partial charge in [-0.15, -0.1) is 0 Å². The van der Waals surface area contributed by atoms with Gasteiger partial charge in [0.15, 0.2) is 0 Å². The van der Waals surface area contributed by atoms with Crippen LogP contribution >= 0.6 is 0 Å². The summed E-state index contributed by atoms with van der Waals surface area (Å²) in [5, 5.41) is 0. The largest absolute Gasteiger partial charge is 0.284 e. The maximum absolute atomic E-state index is 4.69. The van der Waals surface area contributed by atoms with Gasteiger partial charge in [0.2, 0.25) is 0 Å². The first-order valence-corrected chi connectivity index (χ1v) is 6.64. The van der Waals surface area contributed by atoms with Gasteiger partial charge in [-0.05, 0) is 42.2 Å². The molecule has 0 saturated carbocycles. The Morgan fingerprint density at radius 3 is 2.68 bits per heavy atom. The van der Waals surface area contributed by atoms with E-state index in [1.807, 2.05) is 18.3 Å². The third-order valence-corrected chi connectivity index (χ3v) is 3.25. The van der Waals surface area contributed by atoms with Crippen LogP contribution in [0.2, 0.25) is 0 Å². The van der Waals surface area contributed by atoms with E-state index in [0.717, 1.165) is 30.7 Å². The highest BCUT2D eigenvalue weighted by Gasteiger charge is 2.13. The quantitative estimate of drug-likeness (QED) is 0.794. The van der Waals surface area contributed by atoms with Crippen LogP contribution in [-0.4, -0.2) is 17.2 Å². The van der Waals surface area contributed by atoms with Gasteiger partial charge in [0.25, 0.3) is 0 Å². The Morgan fingerprint density at radius 2 is 1.89 bits per heavy atom. The fourth-order valence-corrected chi connectivity index (χ4v) is 2.35. The molecular formula is C17H16N2. The molecular weight excluding hydrogens is 232 g/mol. The molecule has 0 bridgehead atoms. The van der Waals surface area contributed by atoms with Crippen molar-refractivity contribution in [3.8, 4) is 0 Å². The Bertz CT molecular complexity index is 598. The zero-order chi connectivity index (χ0) is 12.9. The molecule has 0 aliphatic carbocycles. The molecule has 1 aromatic carbocycles. The lowest BCUT2D eigenvalue weighted by molar-refractivity contribution is 0.818. The normalized spacial score (nSPS) is 17.3. The average molecular weight is 248 g/mol. The molecule has 19 heavy (non-hydrogen) atoms. The van der Waals surface area contributed by atoms with Gasteiger partial charge in [0, 0.05) is 24.5 Å². The van der Waals surface area contributed by atoms with E-state index in [2.05, 4.69) is 46.4 Å². The molecule has 2 heteroatoms. The van der Waals surface area contributed by atoms with Crippen LogP contribution in [0.3, 0.4) is 0 Å². The molecule has 0 amide bonds. The van der Waals surface area contributed by atoms with Crippen molar-refractivity contribution in [1.82, 2.24) is 4.98 Å². The van der Waals surface area contributed by atoms with Gasteiger partial charge < -0.3 is 0 Å². The minimum absolute atomic E-state index is 0.913. The van der Waals surface area contributed by atoms with Crippen LogP contribution in [0.1, 0.15) is 24.0 Å². The first-order chi connectivity index (χ1) is 9.43. The molecule has 0 saturated heterocycles. The van der Waals surface area contributed by atoms with Crippen molar-refractivity contribution >= 4 is 11.8 Å². The number of nitrogens with zero attached hydrogens (tertiary/aromatic N) is 2. The maximum atomic E-state index is 4.69. The Labute approximate surface area is 113 Å². The second-order valence-corrected chi connectivity index (χ2v) is 4.66. The summed E-state index contributed by atoms with van der Waals surface area (Å²) in [5.74, 6) is 0. The SMILES string of the molecule is C(=C1/CCCN=C1c1cccnc1)/c1ccccc1. The summed E-state index contributed by atoms with van der Waals surface area (Å²) in [5.41, 5.74) is 4.76. The molecule has 0 fully saturated rings. The van der Waals surface area contributed by atoms with Crippen molar-refractivity contribution in [1.29, 1.82) is 0 Å². The number of aliphatic imine (C=N–C) groups is 1. The molecule has 1 aliphatic rings. The molecule has 2 nitrogen and oxygen atoms in total. The highest BCUT2D eigenvalue weighted by Crippen LogP contribution is 2.21. The Kier molecular flexibility index (Phi) is 3.50. The van der Waals surface area contributed by atoms with E-state index in [0.29, 0.717) is 0 Å². The van der Waals surface area contributed by atoms with Crippen molar-refractivity contribution in [2.75, 3.05) is 6.54 Å². The molecule has 0 N–H and O–H groups in total. The minimum atomic E-state index is 0.913. The van der Waals surface area contributed by atoms with Gasteiger partial charge in [-0.3, -0.25) is 9.98 Å². The predicted molar refractivity (Wildman–Crippen MR) is 79.3 cm³/mol. The Morgan fingerprint density at radius 1 is 1.00 bits per heavy atom. The van der Waals surface area contributed by atoms with Crippen molar-refractivity contribution in [3.63, 3.8) is 0 Å². The fraction of sp³-hybridized carbons (Fsp3) is 0.176. The van der Waals surface area contributed by atoms with Gasteiger partial charge in [-0.25, -0.2) is 0 Å². The molecule has 0 radical (unpaired) electrons. The van der Waals surface area contributed by atoms with Crippen molar-refractivity contribution in [2.45, 2.75) is 12.8 Å². The van der Waals surface area contributed by atoms with Gasteiger partial charge in [-0.1, -0.05) is 30.3 Å². The van der Waals surface area contributed by atoms with Gasteiger partial charge in [-0.2, -0.15) is 0 Å². The minimum Gasteiger partial charge on any atom is -0.284 e. The zero-order valence-electron chi connectivity index (χ0n) is 10.8. The first kappa shape index (κ1) is 11.8. The molecule has 0 spiro atoms. The number of hydrogen-bond donors (Lipinski definition) is 0. The number of allylic oxidation sites excluding steroid dienone is 1. The molecule has 3 rings (SSSR count). The van der Waals surface area contributed by atoms with E-state index in [4.69, 9.17) is 0 Å². The van der Waals surface area contributed by atoms with Gasteiger partial charge in [0.05, 0.1) is 5.71 Å². The zero-order valence-corrected chi connectivity index (χ0v) is 10.8. The topological polar surface area (TPSA) is 25.2 Å². The number of benzene rings is 1. The first-order valence-electron chi connectivity index (χ1n) is 6.64. The molecule has 1 aliphatic heterocycles. The average Bonchev–Trinajstić information content (AvgIpc) is 2.50. The standard InChI is InChI=1S/C17H16N2/c1-2-6-14(7-3-1)12-15-8-5-11-19-17(15)16-9-4-10-18-13-16/h1-4,6-7,9-10,12-13H,5,8,11H2/b15-12+. The third kappa shape index (κ3) is 2.79. The van der Waals surface area contributed by atoms with Crippen LogP contribution in [0, 0.1) is 0 Å². The monoisotopic (exact) mass is 248 g/mol. The van der Waals surface area contributed by atoms with E-state index < -0.39 is 0 Å². The molecule has 2 aromatic rings. The van der Waals surface area contributed by atoms with Crippen molar-refractivity contribution in [2.24, 2.45) is 4.99 Å². The van der Waals surface area contributed by atoms with Gasteiger partial charge >= 0.3 is 0 Å². The van der Waals surface area contributed by atoms with Crippen LogP contribution < -0.4 is 0 Å². The number of hydrogen-bond acceptors (Lipinski definition) is 2. The molecule has 0 unspecified atom stereocenters. The summed E-state index contributed by atoms with van der Waals surface area (Å²) in [4.78, 5) is 8.88. The number of pyridine rings is 1. The Balaban J connectivity index is 1.98. The summed E-state index contributed by atoms with van der Waals surface area (Å²) >= 11 is 0. The summed E-state index contributed by atoms with van der Waals surface area (Å²) in [7, 11) is 0. The molecule has 94 valence electrons. The predicted octanol–water partition coefficient (Wildman–Crippen LogP) is 3.75. The maximum Gasteiger partial charge on any atom is 0.0694 e. The van der Waals surface area contributed by atoms with E-state index in [1.54, 1.807) is 6.20 Å². The van der Waals surface area contributed by atoms with Crippen molar-refractivity contribution < 1.29 is 0 Å². The number of aromatic nitrogens is 1. The van der Waals surface area contributed by atoms with E-state index in [1.165, 1.54) is 11.1 Å². The molecule has 1 aromatic heterocycles. The smallest absolute Gasteiger partial charge is 0.0694 e. The van der Waals surface area contributed by atoms with Crippen LogP contribution in [0.5, 0.6) is 0 Å². The van der Waals surface area contributed by atoms with Crippen LogP contribution in [-0.2, 0) is 0 Å². The van der Waals surface area contributed by atoms with Crippen LogP contribution in [0.4, 0.5) is 0 Å². The fourth-order valence-electron chi connectivity index (χ4n) is 2.35. The lowest BCUT2D eigenvalue weighted by Gasteiger charge is -2.16. The van der Waals surface area contributed by atoms with Crippen LogP contribution in [0.25, 0.3) is 6.08 Å².